The predicted octanol–water partition coefficient (Wildman–Crippen LogP) is 8.97. The minimum absolute atomic E-state index is 0.00764. The molecule has 6 atom stereocenters. The van der Waals surface area contributed by atoms with Gasteiger partial charge in [0.05, 0.1) is 25.6 Å². The van der Waals surface area contributed by atoms with Crippen molar-refractivity contribution in [2.45, 2.75) is 160 Å². The van der Waals surface area contributed by atoms with Gasteiger partial charge >= 0.3 is 7.82 Å². The summed E-state index contributed by atoms with van der Waals surface area (Å²) in [4.78, 5) is 22.5. The summed E-state index contributed by atoms with van der Waals surface area (Å²) < 4.78 is 51.6. The summed E-state index contributed by atoms with van der Waals surface area (Å²) in [5.41, 5.74) is 6.16. The fourth-order valence-electron chi connectivity index (χ4n) is 6.08. The van der Waals surface area contributed by atoms with E-state index in [0.29, 0.717) is 12.4 Å². The number of nitrogens with zero attached hydrogens (tertiary/aromatic N) is 4. The first-order valence-corrected chi connectivity index (χ1v) is 22.1. The molecule has 2 aromatic rings. The van der Waals surface area contributed by atoms with Crippen LogP contribution >= 0.6 is 31.2 Å². The third-order valence-corrected chi connectivity index (χ3v) is 11.4. The molecule has 1 aliphatic rings. The smallest absolute Gasteiger partial charge is 0.387 e. The van der Waals surface area contributed by atoms with Gasteiger partial charge in [0.1, 0.15) is 17.7 Å². The fraction of sp³-hybridized carbons (Fsp3) is 0.857. The number of halogens is 2. The molecule has 4 N–H and O–H groups in total. The number of thioether (sulfide) groups is 1. The number of hydrogen-bond donors (Lipinski definition) is 3. The van der Waals surface area contributed by atoms with E-state index < -0.39 is 45.1 Å². The third-order valence-electron chi connectivity index (χ3n) is 9.11. The van der Waals surface area contributed by atoms with Gasteiger partial charge in [-0.05, 0) is 30.2 Å². The number of aliphatic hydroxyl groups excluding tert-OH is 1. The van der Waals surface area contributed by atoms with Crippen LogP contribution in [0.3, 0.4) is 0 Å². The number of nitrogens with two attached hydrogens (primary N) is 1. The summed E-state index contributed by atoms with van der Waals surface area (Å²) in [5.74, 6) is 1.62. The summed E-state index contributed by atoms with van der Waals surface area (Å²) in [6.45, 7) is 4.28. The summed E-state index contributed by atoms with van der Waals surface area (Å²) in [5, 5.41) is 10.4. The number of aromatic nitrogens is 4. The van der Waals surface area contributed by atoms with E-state index in [2.05, 4.69) is 28.8 Å². The first kappa shape index (κ1) is 44.3. The SMILES string of the molecule is CCCCCCCCCCCCSCC(COP(=O)(O)OC[C@H]1O[C@@H](n2cnc3c(N)nc(Cl)nc32)[C@@H](F)[C@@H]1O)OCCCCCCCCCC. The maximum absolute atomic E-state index is 15.2. The molecule has 3 heterocycles. The van der Waals surface area contributed by atoms with Crippen LogP contribution in [0, 0.1) is 0 Å². The van der Waals surface area contributed by atoms with E-state index in [1.165, 1.54) is 107 Å². The largest absolute Gasteiger partial charge is 0.472 e. The summed E-state index contributed by atoms with van der Waals surface area (Å²) in [6.07, 6.45) is 16.9. The third kappa shape index (κ3) is 16.4. The van der Waals surface area contributed by atoms with Gasteiger partial charge in [0.15, 0.2) is 23.9 Å². The number of imidazole rings is 1. The quantitative estimate of drug-likeness (QED) is 0.0392. The molecule has 1 fully saturated rings. The second kappa shape index (κ2) is 25.1. The lowest BCUT2D eigenvalue weighted by molar-refractivity contribution is -0.0484. The van der Waals surface area contributed by atoms with Crippen LogP contribution < -0.4 is 5.73 Å². The van der Waals surface area contributed by atoms with E-state index in [1.54, 1.807) is 11.8 Å². The molecule has 0 spiro atoms. The van der Waals surface area contributed by atoms with Gasteiger partial charge in [-0.25, -0.2) is 13.9 Å². The number of aliphatic hydroxyl groups is 1. The van der Waals surface area contributed by atoms with Gasteiger partial charge < -0.3 is 25.2 Å². The Morgan fingerprint density at radius 2 is 1.55 bits per heavy atom. The maximum atomic E-state index is 15.2. The first-order chi connectivity index (χ1) is 24.7. The van der Waals surface area contributed by atoms with E-state index in [0.717, 1.165) is 25.0 Å². The molecule has 2 unspecified atom stereocenters. The second-order valence-electron chi connectivity index (χ2n) is 13.5. The van der Waals surface area contributed by atoms with Crippen LogP contribution in [0.15, 0.2) is 6.33 Å². The Kier molecular flexibility index (Phi) is 21.8. The lowest BCUT2D eigenvalue weighted by atomic mass is 10.1. The summed E-state index contributed by atoms with van der Waals surface area (Å²) >= 11 is 7.68. The molecule has 1 aliphatic heterocycles. The van der Waals surface area contributed by atoms with Crippen molar-refractivity contribution in [2.75, 3.05) is 37.1 Å². The maximum Gasteiger partial charge on any atom is 0.472 e. The molecule has 1 saturated heterocycles. The van der Waals surface area contributed by atoms with Crippen molar-refractivity contribution in [3.05, 3.63) is 11.6 Å². The van der Waals surface area contributed by atoms with Gasteiger partial charge in [-0.1, -0.05) is 117 Å². The molecule has 0 aliphatic carbocycles. The van der Waals surface area contributed by atoms with Crippen LogP contribution in [0.5, 0.6) is 0 Å². The van der Waals surface area contributed by atoms with Gasteiger partial charge in [-0.15, -0.1) is 0 Å². The Morgan fingerprint density at radius 1 is 0.961 bits per heavy atom. The van der Waals surface area contributed by atoms with Crippen molar-refractivity contribution in [1.29, 1.82) is 0 Å². The average Bonchev–Trinajstić information content (AvgIpc) is 3.65. The van der Waals surface area contributed by atoms with Crippen molar-refractivity contribution >= 4 is 48.2 Å². The van der Waals surface area contributed by atoms with Crippen molar-refractivity contribution in [3.63, 3.8) is 0 Å². The standard InChI is InChI=1S/C35H62ClFN5O7PS/c1-3-5-7-9-11-13-14-16-18-20-22-51-25-27(46-21-19-17-15-12-10-8-6-4-2)23-47-50(44,45)48-24-28-31(43)29(37)34(49-28)42-26-39-30-32(38)40-35(36)41-33(30)42/h26-29,31,34,43H,3-25H2,1-2H3,(H,44,45)(H2,38,40,41)/t27?,28-,29+,31-,34-/m1/s1. The molecule has 0 saturated carbocycles. The number of phosphoric ester groups is 1. The van der Waals surface area contributed by atoms with E-state index in [9.17, 15) is 14.6 Å². The molecular formula is C35H62ClFN5O7PS. The first-order valence-electron chi connectivity index (χ1n) is 19.1. The zero-order valence-corrected chi connectivity index (χ0v) is 33.1. The van der Waals surface area contributed by atoms with Crippen molar-refractivity contribution in [3.8, 4) is 0 Å². The molecule has 51 heavy (non-hydrogen) atoms. The van der Waals surface area contributed by atoms with E-state index in [1.807, 2.05) is 0 Å². The lowest BCUT2D eigenvalue weighted by Crippen LogP contribution is -2.31. The summed E-state index contributed by atoms with van der Waals surface area (Å²) in [6, 6.07) is 0. The number of rotatable bonds is 30. The Morgan fingerprint density at radius 3 is 2.18 bits per heavy atom. The normalized spacial score (nSPS) is 21.1. The number of alkyl halides is 1. The summed E-state index contributed by atoms with van der Waals surface area (Å²) in [7, 11) is -4.59. The molecule has 0 amide bonds. The van der Waals surface area contributed by atoms with E-state index in [4.69, 9.17) is 35.9 Å². The topological polar surface area (TPSA) is 164 Å². The number of unbranched alkanes of at least 4 members (excludes halogenated alkanes) is 16. The predicted molar refractivity (Wildman–Crippen MR) is 203 cm³/mol. The van der Waals surface area contributed by atoms with Crippen LogP contribution in [-0.2, 0) is 23.1 Å². The van der Waals surface area contributed by atoms with Crippen LogP contribution in [0.25, 0.3) is 11.2 Å². The number of anilines is 1. The van der Waals surface area contributed by atoms with E-state index >= 15 is 4.39 Å². The molecular weight excluding hydrogens is 720 g/mol. The Hall–Kier alpha value is -1.09. The van der Waals surface area contributed by atoms with Gasteiger partial charge in [0, 0.05) is 12.4 Å². The van der Waals surface area contributed by atoms with Crippen molar-refractivity contribution in [1.82, 2.24) is 19.5 Å². The number of phosphoric acid groups is 1. The van der Waals surface area contributed by atoms with Gasteiger partial charge in [-0.3, -0.25) is 13.6 Å². The number of fused-ring (bicyclic) bond motifs is 1. The highest BCUT2D eigenvalue weighted by Gasteiger charge is 2.47. The van der Waals surface area contributed by atoms with E-state index in [-0.39, 0.29) is 28.9 Å². The van der Waals surface area contributed by atoms with Gasteiger partial charge in [-0.2, -0.15) is 21.7 Å². The molecule has 16 heteroatoms. The van der Waals surface area contributed by atoms with Gasteiger partial charge in [0.2, 0.25) is 5.28 Å². The Labute approximate surface area is 313 Å². The van der Waals surface area contributed by atoms with Crippen LogP contribution in [-0.4, -0.2) is 85.3 Å². The molecule has 294 valence electrons. The van der Waals surface area contributed by atoms with Crippen molar-refractivity contribution in [2.24, 2.45) is 0 Å². The number of hydrogen-bond acceptors (Lipinski definition) is 11. The molecule has 3 rings (SSSR count). The number of nitrogen functional groups attached to an aromatic ring is 1. The molecule has 12 nitrogen and oxygen atoms in total. The Bertz CT molecular complexity index is 1290. The molecule has 0 bridgehead atoms. The monoisotopic (exact) mass is 781 g/mol. The zero-order chi connectivity index (χ0) is 36.9. The minimum Gasteiger partial charge on any atom is -0.387 e. The van der Waals surface area contributed by atoms with Crippen LogP contribution in [0.2, 0.25) is 5.28 Å². The minimum atomic E-state index is -4.59. The molecule has 0 aromatic carbocycles. The Balaban J connectivity index is 1.42. The second-order valence-corrected chi connectivity index (χ2v) is 16.4. The highest BCUT2D eigenvalue weighted by molar-refractivity contribution is 7.99. The zero-order valence-electron chi connectivity index (χ0n) is 30.6. The lowest BCUT2D eigenvalue weighted by Gasteiger charge is -2.21. The fourth-order valence-corrected chi connectivity index (χ4v) is 8.05. The molecule has 0 radical (unpaired) electrons. The average molecular weight is 782 g/mol. The number of ether oxygens (including phenoxy) is 2. The van der Waals surface area contributed by atoms with Crippen LogP contribution in [0.4, 0.5) is 10.2 Å². The van der Waals surface area contributed by atoms with Gasteiger partial charge in [0.25, 0.3) is 0 Å². The van der Waals surface area contributed by atoms with Crippen molar-refractivity contribution < 1.29 is 37.5 Å². The highest BCUT2D eigenvalue weighted by atomic mass is 35.5. The van der Waals surface area contributed by atoms with Crippen LogP contribution in [0.1, 0.15) is 136 Å². The highest BCUT2D eigenvalue weighted by Crippen LogP contribution is 2.45. The molecule has 2 aromatic heterocycles.